The lowest BCUT2D eigenvalue weighted by Crippen LogP contribution is -2.56. The fourth-order valence-corrected chi connectivity index (χ4v) is 2.26. The molecule has 5 atom stereocenters. The minimum Gasteiger partial charge on any atom is -0.388 e. The van der Waals surface area contributed by atoms with Gasteiger partial charge in [0.2, 0.25) is 5.91 Å². The zero-order valence-corrected chi connectivity index (χ0v) is 11.2. The molecular formula is C12H24N2O5. The van der Waals surface area contributed by atoms with E-state index in [0.717, 1.165) is 12.8 Å². The van der Waals surface area contributed by atoms with Crippen LogP contribution < -0.4 is 11.3 Å². The molecule has 1 heterocycles. The van der Waals surface area contributed by atoms with Gasteiger partial charge in [0.15, 0.2) is 0 Å². The minimum absolute atomic E-state index is 0.193. The fraction of sp³-hybridized carbons (Fsp3) is 0.917. The normalized spacial score (nSPS) is 35.1. The smallest absolute Gasteiger partial charge is 0.233 e. The second-order valence-electron chi connectivity index (χ2n) is 5.02. The van der Waals surface area contributed by atoms with Gasteiger partial charge >= 0.3 is 0 Å². The van der Waals surface area contributed by atoms with Gasteiger partial charge in [0.25, 0.3) is 0 Å². The molecular weight excluding hydrogens is 252 g/mol. The predicted molar refractivity (Wildman–Crippen MR) is 67.8 cm³/mol. The van der Waals surface area contributed by atoms with Crippen LogP contribution in [0.4, 0.5) is 0 Å². The van der Waals surface area contributed by atoms with Crippen LogP contribution in [0.2, 0.25) is 0 Å². The quantitative estimate of drug-likeness (QED) is 0.179. The molecule has 0 aliphatic carbocycles. The molecule has 1 rings (SSSR count). The van der Waals surface area contributed by atoms with Crippen LogP contribution in [-0.4, -0.2) is 51.7 Å². The number of hydrazine groups is 1. The Balaban J connectivity index is 2.23. The van der Waals surface area contributed by atoms with Crippen molar-refractivity contribution in [1.82, 2.24) is 5.43 Å². The van der Waals surface area contributed by atoms with Crippen LogP contribution in [0, 0.1) is 0 Å². The third kappa shape index (κ3) is 4.70. The fourth-order valence-electron chi connectivity index (χ4n) is 2.26. The van der Waals surface area contributed by atoms with E-state index in [1.54, 1.807) is 6.92 Å². The highest BCUT2D eigenvalue weighted by Crippen LogP contribution is 2.24. The van der Waals surface area contributed by atoms with E-state index >= 15 is 0 Å². The molecule has 1 aliphatic rings. The second-order valence-corrected chi connectivity index (χ2v) is 5.02. The Kier molecular flexibility index (Phi) is 6.67. The lowest BCUT2D eigenvalue weighted by molar-refractivity contribution is -0.218. The van der Waals surface area contributed by atoms with Gasteiger partial charge in [-0.25, -0.2) is 5.84 Å². The summed E-state index contributed by atoms with van der Waals surface area (Å²) in [7, 11) is 0. The maximum absolute atomic E-state index is 10.9. The summed E-state index contributed by atoms with van der Waals surface area (Å²) >= 11 is 0. The van der Waals surface area contributed by atoms with Gasteiger partial charge in [-0.05, 0) is 19.8 Å². The zero-order valence-electron chi connectivity index (χ0n) is 11.2. The third-order valence-corrected chi connectivity index (χ3v) is 3.50. The molecule has 1 fully saturated rings. The van der Waals surface area contributed by atoms with E-state index in [4.69, 9.17) is 10.6 Å². The summed E-state index contributed by atoms with van der Waals surface area (Å²) < 4.78 is 5.47. The SMILES string of the molecule is C[C@@H]1O[C@@H](CCCCCC(=O)NN)[C@H](O)[C@H](O)[C@H]1O. The molecule has 7 heteroatoms. The Labute approximate surface area is 112 Å². The maximum Gasteiger partial charge on any atom is 0.233 e. The number of nitrogens with one attached hydrogen (secondary N) is 1. The number of aliphatic hydroxyl groups excluding tert-OH is 3. The summed E-state index contributed by atoms with van der Waals surface area (Å²) in [4.78, 5) is 10.9. The second kappa shape index (κ2) is 7.76. The van der Waals surface area contributed by atoms with Gasteiger partial charge in [-0.1, -0.05) is 12.8 Å². The molecule has 0 spiro atoms. The lowest BCUT2D eigenvalue weighted by atomic mass is 9.92. The molecule has 0 radical (unpaired) electrons. The van der Waals surface area contributed by atoms with Crippen molar-refractivity contribution in [1.29, 1.82) is 0 Å². The van der Waals surface area contributed by atoms with Crippen molar-refractivity contribution >= 4 is 5.91 Å². The summed E-state index contributed by atoms with van der Waals surface area (Å²) in [6.07, 6.45) is -1.01. The van der Waals surface area contributed by atoms with Crippen molar-refractivity contribution in [3.05, 3.63) is 0 Å². The Morgan fingerprint density at radius 1 is 1.16 bits per heavy atom. The molecule has 112 valence electrons. The molecule has 6 N–H and O–H groups in total. The summed E-state index contributed by atoms with van der Waals surface area (Å²) in [5, 5.41) is 29.0. The number of hydrogen-bond acceptors (Lipinski definition) is 6. The van der Waals surface area contributed by atoms with Gasteiger partial charge in [0.05, 0.1) is 12.2 Å². The number of hydrogen-bond donors (Lipinski definition) is 5. The first-order valence-corrected chi connectivity index (χ1v) is 6.66. The van der Waals surface area contributed by atoms with Crippen molar-refractivity contribution < 1.29 is 24.9 Å². The monoisotopic (exact) mass is 276 g/mol. The van der Waals surface area contributed by atoms with E-state index in [-0.39, 0.29) is 5.91 Å². The molecule has 1 amide bonds. The van der Waals surface area contributed by atoms with Crippen LogP contribution in [0.1, 0.15) is 39.0 Å². The van der Waals surface area contributed by atoms with Gasteiger partial charge in [0.1, 0.15) is 18.3 Å². The molecule has 0 bridgehead atoms. The topological polar surface area (TPSA) is 125 Å². The highest BCUT2D eigenvalue weighted by Gasteiger charge is 2.41. The van der Waals surface area contributed by atoms with E-state index in [2.05, 4.69) is 5.43 Å². The molecule has 0 unspecified atom stereocenters. The summed E-state index contributed by atoms with van der Waals surface area (Å²) in [6, 6.07) is 0. The van der Waals surface area contributed by atoms with Crippen molar-refractivity contribution in [2.75, 3.05) is 0 Å². The molecule has 19 heavy (non-hydrogen) atoms. The molecule has 1 aliphatic heterocycles. The largest absolute Gasteiger partial charge is 0.388 e. The summed E-state index contributed by atoms with van der Waals surface area (Å²) in [5.74, 6) is 4.77. The molecule has 7 nitrogen and oxygen atoms in total. The van der Waals surface area contributed by atoms with E-state index in [1.165, 1.54) is 0 Å². The Bertz CT molecular complexity index is 289. The van der Waals surface area contributed by atoms with Crippen LogP contribution in [-0.2, 0) is 9.53 Å². The predicted octanol–water partition coefficient (Wildman–Crippen LogP) is -1.20. The highest BCUT2D eigenvalue weighted by molar-refractivity contribution is 5.74. The standard InChI is InChI=1S/C12H24N2O5/c1-7-10(16)12(18)11(17)8(19-7)5-3-2-4-6-9(15)14-13/h7-8,10-12,16-18H,2-6,13H2,1H3,(H,14,15)/t7-,8-,10-,11-,12+/m0/s1. The van der Waals surface area contributed by atoms with Crippen molar-refractivity contribution in [3.8, 4) is 0 Å². The first kappa shape index (κ1) is 16.3. The van der Waals surface area contributed by atoms with Crippen molar-refractivity contribution in [2.45, 2.75) is 69.5 Å². The van der Waals surface area contributed by atoms with Gasteiger partial charge in [-0.2, -0.15) is 0 Å². The number of aliphatic hydroxyl groups is 3. The van der Waals surface area contributed by atoms with Gasteiger partial charge < -0.3 is 20.1 Å². The maximum atomic E-state index is 10.9. The van der Waals surface area contributed by atoms with Crippen molar-refractivity contribution in [2.24, 2.45) is 5.84 Å². The number of carbonyl (C=O) groups is 1. The van der Waals surface area contributed by atoms with E-state index in [1.807, 2.05) is 0 Å². The van der Waals surface area contributed by atoms with Crippen LogP contribution in [0.5, 0.6) is 0 Å². The van der Waals surface area contributed by atoms with Crippen LogP contribution in [0.3, 0.4) is 0 Å². The third-order valence-electron chi connectivity index (χ3n) is 3.50. The Morgan fingerprint density at radius 2 is 1.84 bits per heavy atom. The van der Waals surface area contributed by atoms with Gasteiger partial charge in [-0.3, -0.25) is 10.2 Å². The minimum atomic E-state index is -1.17. The lowest BCUT2D eigenvalue weighted by Gasteiger charge is -2.39. The van der Waals surface area contributed by atoms with Gasteiger partial charge in [-0.15, -0.1) is 0 Å². The summed E-state index contributed by atoms with van der Waals surface area (Å²) in [6.45, 7) is 1.67. The number of ether oxygens (including phenoxy) is 1. The molecule has 0 saturated carbocycles. The summed E-state index contributed by atoms with van der Waals surface area (Å²) in [5.41, 5.74) is 2.06. The van der Waals surface area contributed by atoms with Gasteiger partial charge in [0, 0.05) is 6.42 Å². The van der Waals surface area contributed by atoms with Crippen molar-refractivity contribution in [3.63, 3.8) is 0 Å². The van der Waals surface area contributed by atoms with Crippen LogP contribution in [0.15, 0.2) is 0 Å². The highest BCUT2D eigenvalue weighted by atomic mass is 16.5. The van der Waals surface area contributed by atoms with E-state index in [9.17, 15) is 20.1 Å². The molecule has 1 saturated heterocycles. The van der Waals surface area contributed by atoms with Crippen LogP contribution >= 0.6 is 0 Å². The molecule has 0 aromatic rings. The number of nitrogens with two attached hydrogens (primary N) is 1. The number of rotatable bonds is 6. The number of carbonyl (C=O) groups excluding carboxylic acids is 1. The first-order chi connectivity index (χ1) is 8.97. The van der Waals surface area contributed by atoms with Crippen LogP contribution in [0.25, 0.3) is 0 Å². The number of amides is 1. The molecule has 0 aromatic carbocycles. The Hall–Kier alpha value is -0.730. The average Bonchev–Trinajstić information content (AvgIpc) is 2.41. The Morgan fingerprint density at radius 3 is 2.47 bits per heavy atom. The molecule has 0 aromatic heterocycles. The van der Waals surface area contributed by atoms with E-state index < -0.39 is 30.5 Å². The zero-order chi connectivity index (χ0) is 14.4. The van der Waals surface area contributed by atoms with E-state index in [0.29, 0.717) is 19.3 Å². The average molecular weight is 276 g/mol. The first-order valence-electron chi connectivity index (χ1n) is 6.66. The number of unbranched alkanes of at least 4 members (excludes halogenated alkanes) is 2.